The predicted octanol–water partition coefficient (Wildman–Crippen LogP) is 3.18. The van der Waals surface area contributed by atoms with Crippen LogP contribution in [0.4, 0.5) is 0 Å². The number of hydrogen-bond acceptors (Lipinski definition) is 4. The summed E-state index contributed by atoms with van der Waals surface area (Å²) >= 11 is 0. The molecule has 1 aromatic carbocycles. The van der Waals surface area contributed by atoms with E-state index in [4.69, 9.17) is 4.74 Å². The van der Waals surface area contributed by atoms with Crippen LogP contribution in [0.15, 0.2) is 24.3 Å². The maximum absolute atomic E-state index is 12.0. The molecule has 0 radical (unpaired) electrons. The number of benzene rings is 1. The molecule has 1 amide bonds. The van der Waals surface area contributed by atoms with Crippen molar-refractivity contribution < 1.29 is 19.1 Å². The quantitative estimate of drug-likeness (QED) is 0.817. The van der Waals surface area contributed by atoms with Gasteiger partial charge in [0.25, 0.3) is 5.91 Å². The maximum atomic E-state index is 12.0. The molecule has 0 aliphatic carbocycles. The van der Waals surface area contributed by atoms with E-state index in [1.165, 1.54) is 7.11 Å². The standard InChI is InChI=1S/C18H27NO4/c1-17(2,3)12-18(4,5)19-15(20)11-23-14-9-7-13(8-10-14)16(21)22-6/h7-10H,11-12H2,1-6H3,(H,19,20). The largest absolute Gasteiger partial charge is 0.484 e. The molecule has 5 nitrogen and oxygen atoms in total. The Labute approximate surface area is 138 Å². The Bertz CT molecular complexity index is 541. The fourth-order valence-electron chi connectivity index (χ4n) is 2.74. The number of nitrogens with one attached hydrogen (secondary N) is 1. The van der Waals surface area contributed by atoms with Crippen LogP contribution >= 0.6 is 0 Å². The lowest BCUT2D eigenvalue weighted by Gasteiger charge is -2.33. The molecule has 0 saturated heterocycles. The lowest BCUT2D eigenvalue weighted by molar-refractivity contribution is -0.125. The molecule has 128 valence electrons. The summed E-state index contributed by atoms with van der Waals surface area (Å²) in [7, 11) is 1.33. The normalized spacial score (nSPS) is 11.7. The molecular formula is C18H27NO4. The number of ether oxygens (including phenoxy) is 2. The summed E-state index contributed by atoms with van der Waals surface area (Å²) in [5, 5.41) is 2.98. The second kappa shape index (κ2) is 7.49. The van der Waals surface area contributed by atoms with Gasteiger partial charge in [0.15, 0.2) is 6.61 Å². The van der Waals surface area contributed by atoms with Crippen LogP contribution < -0.4 is 10.1 Å². The number of hydrogen-bond donors (Lipinski definition) is 1. The van der Waals surface area contributed by atoms with Crippen molar-refractivity contribution in [1.82, 2.24) is 5.32 Å². The first-order valence-electron chi connectivity index (χ1n) is 7.65. The molecule has 23 heavy (non-hydrogen) atoms. The zero-order valence-corrected chi connectivity index (χ0v) is 14.9. The number of methoxy groups -OCH3 is 1. The third-order valence-corrected chi connectivity index (χ3v) is 3.10. The summed E-state index contributed by atoms with van der Waals surface area (Å²) in [4.78, 5) is 23.4. The van der Waals surface area contributed by atoms with Gasteiger partial charge in [-0.15, -0.1) is 0 Å². The number of amides is 1. The van der Waals surface area contributed by atoms with Crippen molar-refractivity contribution in [3.8, 4) is 5.75 Å². The molecule has 1 rings (SSSR count). The molecule has 0 atom stereocenters. The highest BCUT2D eigenvalue weighted by Gasteiger charge is 2.27. The van der Waals surface area contributed by atoms with Crippen molar-refractivity contribution in [2.45, 2.75) is 46.6 Å². The minimum absolute atomic E-state index is 0.0643. The van der Waals surface area contributed by atoms with Crippen LogP contribution in [0.3, 0.4) is 0 Å². The van der Waals surface area contributed by atoms with Gasteiger partial charge >= 0.3 is 5.97 Å². The van der Waals surface area contributed by atoms with Crippen LogP contribution in [0.1, 0.15) is 51.4 Å². The summed E-state index contributed by atoms with van der Waals surface area (Å²) < 4.78 is 10.1. The van der Waals surface area contributed by atoms with E-state index in [-0.39, 0.29) is 23.5 Å². The van der Waals surface area contributed by atoms with Crippen LogP contribution in [0, 0.1) is 5.41 Å². The van der Waals surface area contributed by atoms with Crippen molar-refractivity contribution in [3.05, 3.63) is 29.8 Å². The Morgan fingerprint density at radius 3 is 2.09 bits per heavy atom. The van der Waals surface area contributed by atoms with Gasteiger partial charge in [0.2, 0.25) is 0 Å². The molecule has 0 spiro atoms. The van der Waals surface area contributed by atoms with Crippen LogP contribution in [0.2, 0.25) is 0 Å². The van der Waals surface area contributed by atoms with Gasteiger partial charge in [-0.25, -0.2) is 4.79 Å². The highest BCUT2D eigenvalue weighted by Crippen LogP contribution is 2.26. The van der Waals surface area contributed by atoms with Gasteiger partial charge in [-0.3, -0.25) is 4.79 Å². The van der Waals surface area contributed by atoms with E-state index in [9.17, 15) is 9.59 Å². The molecule has 1 aromatic rings. The van der Waals surface area contributed by atoms with Crippen LogP contribution in [-0.4, -0.2) is 31.1 Å². The second-order valence-electron chi connectivity index (χ2n) is 7.47. The number of carbonyl (C=O) groups is 2. The van der Waals surface area contributed by atoms with Gasteiger partial charge in [-0.05, 0) is 49.9 Å². The first-order chi connectivity index (χ1) is 10.5. The van der Waals surface area contributed by atoms with Gasteiger partial charge in [0.05, 0.1) is 12.7 Å². The molecule has 0 bridgehead atoms. The van der Waals surface area contributed by atoms with Crippen molar-refractivity contribution >= 4 is 11.9 Å². The topological polar surface area (TPSA) is 64.6 Å². The Morgan fingerprint density at radius 2 is 1.61 bits per heavy atom. The van der Waals surface area contributed by atoms with Crippen molar-refractivity contribution in [1.29, 1.82) is 0 Å². The molecule has 0 aromatic heterocycles. The zero-order valence-electron chi connectivity index (χ0n) is 14.9. The lowest BCUT2D eigenvalue weighted by Crippen LogP contribution is -2.47. The van der Waals surface area contributed by atoms with E-state index in [0.29, 0.717) is 11.3 Å². The van der Waals surface area contributed by atoms with Crippen LogP contribution in [0.5, 0.6) is 5.75 Å². The molecule has 0 saturated carbocycles. The molecule has 1 N–H and O–H groups in total. The van der Waals surface area contributed by atoms with E-state index in [0.717, 1.165) is 6.42 Å². The average Bonchev–Trinajstić information content (AvgIpc) is 2.41. The number of carbonyl (C=O) groups excluding carboxylic acids is 2. The Kier molecular flexibility index (Phi) is 6.19. The molecule has 5 heteroatoms. The first kappa shape index (κ1) is 19.0. The third-order valence-electron chi connectivity index (χ3n) is 3.10. The van der Waals surface area contributed by atoms with Gasteiger partial charge in [0.1, 0.15) is 5.75 Å². The van der Waals surface area contributed by atoms with Crippen molar-refractivity contribution in [3.63, 3.8) is 0 Å². The zero-order chi connectivity index (χ0) is 17.7. The van der Waals surface area contributed by atoms with E-state index < -0.39 is 5.97 Å². The summed E-state index contributed by atoms with van der Waals surface area (Å²) in [5.41, 5.74) is 0.269. The van der Waals surface area contributed by atoms with Crippen molar-refractivity contribution in [2.75, 3.05) is 13.7 Å². The monoisotopic (exact) mass is 321 g/mol. The minimum Gasteiger partial charge on any atom is -0.484 e. The Hall–Kier alpha value is -2.04. The maximum Gasteiger partial charge on any atom is 0.337 e. The first-order valence-corrected chi connectivity index (χ1v) is 7.65. The number of rotatable bonds is 6. The highest BCUT2D eigenvalue weighted by molar-refractivity contribution is 5.89. The van der Waals surface area contributed by atoms with Gasteiger partial charge in [-0.1, -0.05) is 20.8 Å². The van der Waals surface area contributed by atoms with E-state index >= 15 is 0 Å². The Balaban J connectivity index is 2.51. The predicted molar refractivity (Wildman–Crippen MR) is 89.6 cm³/mol. The molecule has 0 fully saturated rings. The number of esters is 1. The molecule has 0 aliphatic rings. The molecular weight excluding hydrogens is 294 g/mol. The van der Waals surface area contributed by atoms with Gasteiger partial charge in [0, 0.05) is 5.54 Å². The van der Waals surface area contributed by atoms with E-state index in [2.05, 4.69) is 30.8 Å². The molecule has 0 aliphatic heterocycles. The van der Waals surface area contributed by atoms with E-state index in [1.54, 1.807) is 24.3 Å². The third kappa shape index (κ3) is 7.17. The lowest BCUT2D eigenvalue weighted by atomic mass is 9.82. The minimum atomic E-state index is -0.404. The van der Waals surface area contributed by atoms with E-state index in [1.807, 2.05) is 13.8 Å². The fraction of sp³-hybridized carbons (Fsp3) is 0.556. The van der Waals surface area contributed by atoms with Crippen LogP contribution in [-0.2, 0) is 9.53 Å². The van der Waals surface area contributed by atoms with Crippen LogP contribution in [0.25, 0.3) is 0 Å². The molecule has 0 unspecified atom stereocenters. The fourth-order valence-corrected chi connectivity index (χ4v) is 2.74. The summed E-state index contributed by atoms with van der Waals surface area (Å²) in [6.07, 6.45) is 0.861. The van der Waals surface area contributed by atoms with Gasteiger partial charge in [-0.2, -0.15) is 0 Å². The summed E-state index contributed by atoms with van der Waals surface area (Å²) in [6.45, 7) is 10.4. The van der Waals surface area contributed by atoms with Gasteiger partial charge < -0.3 is 14.8 Å². The Morgan fingerprint density at radius 1 is 1.04 bits per heavy atom. The summed E-state index contributed by atoms with van der Waals surface area (Å²) in [5.74, 6) is -0.0454. The average molecular weight is 321 g/mol. The SMILES string of the molecule is COC(=O)c1ccc(OCC(=O)NC(C)(C)CC(C)(C)C)cc1. The second-order valence-corrected chi connectivity index (χ2v) is 7.47. The molecule has 0 heterocycles. The highest BCUT2D eigenvalue weighted by atomic mass is 16.5. The van der Waals surface area contributed by atoms with Crippen molar-refractivity contribution in [2.24, 2.45) is 5.41 Å². The summed E-state index contributed by atoms with van der Waals surface area (Å²) in [6, 6.07) is 6.48. The smallest absolute Gasteiger partial charge is 0.337 e.